The number of aliphatic hydroxyl groups is 1. The van der Waals surface area contributed by atoms with E-state index >= 15 is 0 Å². The lowest BCUT2D eigenvalue weighted by Gasteiger charge is -2.10. The number of likely N-dealkylation sites (N-methyl/N-ethyl adjacent to an activating group) is 1. The minimum atomic E-state index is -0.825. The van der Waals surface area contributed by atoms with E-state index in [2.05, 4.69) is 15.4 Å². The highest BCUT2D eigenvalue weighted by Gasteiger charge is 2.11. The highest BCUT2D eigenvalue weighted by atomic mass is 16.5. The number of hydrogen-bond acceptors (Lipinski definition) is 5. The second-order valence-corrected chi connectivity index (χ2v) is 3.25. The van der Waals surface area contributed by atoms with Gasteiger partial charge in [0.05, 0.1) is 25.7 Å². The topological polar surface area (TPSA) is 87.7 Å². The second-order valence-electron chi connectivity index (χ2n) is 3.25. The van der Waals surface area contributed by atoms with Crippen LogP contribution in [0.3, 0.4) is 0 Å². The van der Waals surface area contributed by atoms with Crippen molar-refractivity contribution in [3.05, 3.63) is 0 Å². The van der Waals surface area contributed by atoms with E-state index in [0.717, 1.165) is 0 Å². The average Bonchev–Trinajstić information content (AvgIpc) is 2.18. The van der Waals surface area contributed by atoms with Crippen LogP contribution in [0.15, 0.2) is 0 Å². The number of hydrogen-bond donors (Lipinski definition) is 3. The Morgan fingerprint density at radius 3 is 2.62 bits per heavy atom. The molecule has 94 valence electrons. The number of rotatable bonds is 8. The fourth-order valence-corrected chi connectivity index (χ4v) is 1.10. The van der Waals surface area contributed by atoms with E-state index in [0.29, 0.717) is 13.2 Å². The lowest BCUT2D eigenvalue weighted by molar-refractivity contribution is -0.145. The van der Waals surface area contributed by atoms with Crippen LogP contribution in [0.5, 0.6) is 0 Å². The molecule has 1 atom stereocenters. The SMILES string of the molecule is CCNC(=O)CNCC(O)CC(=O)OCC. The summed E-state index contributed by atoms with van der Waals surface area (Å²) in [5.41, 5.74) is 0. The molecule has 0 aliphatic heterocycles. The molecule has 1 unspecified atom stereocenters. The van der Waals surface area contributed by atoms with Crippen molar-refractivity contribution in [2.24, 2.45) is 0 Å². The average molecular weight is 232 g/mol. The molecular formula is C10H20N2O4. The van der Waals surface area contributed by atoms with Crippen LogP contribution in [0.1, 0.15) is 20.3 Å². The zero-order valence-corrected chi connectivity index (χ0v) is 9.78. The van der Waals surface area contributed by atoms with E-state index in [4.69, 9.17) is 0 Å². The van der Waals surface area contributed by atoms with Crippen molar-refractivity contribution in [2.75, 3.05) is 26.2 Å². The van der Waals surface area contributed by atoms with Crippen molar-refractivity contribution >= 4 is 11.9 Å². The molecule has 0 aromatic carbocycles. The van der Waals surface area contributed by atoms with Gasteiger partial charge in [-0.25, -0.2) is 0 Å². The second kappa shape index (κ2) is 9.11. The van der Waals surface area contributed by atoms with Crippen molar-refractivity contribution in [1.82, 2.24) is 10.6 Å². The van der Waals surface area contributed by atoms with Gasteiger partial charge in [-0.2, -0.15) is 0 Å². The standard InChI is InChI=1S/C10H20N2O4/c1-3-12-9(14)7-11-6-8(13)5-10(15)16-4-2/h8,11,13H,3-7H2,1-2H3,(H,12,14). The van der Waals surface area contributed by atoms with E-state index in [-0.39, 0.29) is 25.4 Å². The molecule has 0 rings (SSSR count). The van der Waals surface area contributed by atoms with E-state index in [1.807, 2.05) is 6.92 Å². The van der Waals surface area contributed by atoms with Crippen LogP contribution in [0, 0.1) is 0 Å². The molecule has 0 radical (unpaired) electrons. The van der Waals surface area contributed by atoms with Gasteiger partial charge in [0.2, 0.25) is 5.91 Å². The predicted molar refractivity (Wildman–Crippen MR) is 58.8 cm³/mol. The first-order chi connectivity index (χ1) is 7.60. The molecule has 0 aliphatic carbocycles. The maximum absolute atomic E-state index is 11.0. The van der Waals surface area contributed by atoms with Gasteiger partial charge < -0.3 is 20.5 Å². The summed E-state index contributed by atoms with van der Waals surface area (Å²) in [7, 11) is 0. The molecule has 0 bridgehead atoms. The van der Waals surface area contributed by atoms with Crippen molar-refractivity contribution < 1.29 is 19.4 Å². The molecule has 16 heavy (non-hydrogen) atoms. The number of nitrogens with one attached hydrogen (secondary N) is 2. The summed E-state index contributed by atoms with van der Waals surface area (Å²) in [4.78, 5) is 22.0. The third kappa shape index (κ3) is 8.19. The number of esters is 1. The summed E-state index contributed by atoms with van der Waals surface area (Å²) < 4.78 is 4.67. The quantitative estimate of drug-likeness (QED) is 0.468. The summed E-state index contributed by atoms with van der Waals surface area (Å²) in [5.74, 6) is -0.569. The Bertz CT molecular complexity index is 221. The largest absolute Gasteiger partial charge is 0.466 e. The number of amides is 1. The maximum Gasteiger partial charge on any atom is 0.308 e. The summed E-state index contributed by atoms with van der Waals surface area (Å²) >= 11 is 0. The molecule has 1 amide bonds. The highest BCUT2D eigenvalue weighted by Crippen LogP contribution is 1.93. The molecule has 0 fully saturated rings. The molecule has 0 spiro atoms. The number of carbonyl (C=O) groups is 2. The molecule has 0 heterocycles. The Kier molecular flexibility index (Phi) is 8.46. The first kappa shape index (κ1) is 14.9. The normalized spacial score (nSPS) is 11.9. The first-order valence-corrected chi connectivity index (χ1v) is 5.41. The van der Waals surface area contributed by atoms with Crippen LogP contribution < -0.4 is 10.6 Å². The van der Waals surface area contributed by atoms with Crippen molar-refractivity contribution in [1.29, 1.82) is 0 Å². The fourth-order valence-electron chi connectivity index (χ4n) is 1.10. The van der Waals surface area contributed by atoms with Gasteiger partial charge in [0.1, 0.15) is 0 Å². The van der Waals surface area contributed by atoms with Crippen molar-refractivity contribution in [3.63, 3.8) is 0 Å². The van der Waals surface area contributed by atoms with Gasteiger partial charge in [0.15, 0.2) is 0 Å². The molecule has 0 saturated heterocycles. The van der Waals surface area contributed by atoms with Gasteiger partial charge in [0.25, 0.3) is 0 Å². The summed E-state index contributed by atoms with van der Waals surface area (Å²) in [6, 6.07) is 0. The van der Waals surface area contributed by atoms with E-state index in [1.54, 1.807) is 6.92 Å². The van der Waals surface area contributed by atoms with Gasteiger partial charge in [-0.05, 0) is 13.8 Å². The third-order valence-electron chi connectivity index (χ3n) is 1.75. The number of aliphatic hydroxyl groups excluding tert-OH is 1. The van der Waals surface area contributed by atoms with Crippen molar-refractivity contribution in [2.45, 2.75) is 26.4 Å². The minimum Gasteiger partial charge on any atom is -0.466 e. The lowest BCUT2D eigenvalue weighted by Crippen LogP contribution is -2.37. The smallest absolute Gasteiger partial charge is 0.308 e. The van der Waals surface area contributed by atoms with Crippen LogP contribution in [-0.4, -0.2) is 49.3 Å². The van der Waals surface area contributed by atoms with Crippen LogP contribution in [0.2, 0.25) is 0 Å². The Morgan fingerprint density at radius 1 is 1.38 bits per heavy atom. The van der Waals surface area contributed by atoms with Crippen LogP contribution >= 0.6 is 0 Å². The maximum atomic E-state index is 11.0. The third-order valence-corrected chi connectivity index (χ3v) is 1.75. The van der Waals surface area contributed by atoms with Crippen molar-refractivity contribution in [3.8, 4) is 0 Å². The monoisotopic (exact) mass is 232 g/mol. The van der Waals surface area contributed by atoms with Crippen LogP contribution in [-0.2, 0) is 14.3 Å². The highest BCUT2D eigenvalue weighted by molar-refractivity contribution is 5.77. The fraction of sp³-hybridized carbons (Fsp3) is 0.800. The van der Waals surface area contributed by atoms with Crippen LogP contribution in [0.4, 0.5) is 0 Å². The van der Waals surface area contributed by atoms with E-state index in [1.165, 1.54) is 0 Å². The van der Waals surface area contributed by atoms with Gasteiger partial charge in [-0.1, -0.05) is 0 Å². The lowest BCUT2D eigenvalue weighted by atomic mass is 10.2. The predicted octanol–water partition coefficient (Wildman–Crippen LogP) is -0.974. The van der Waals surface area contributed by atoms with E-state index in [9.17, 15) is 14.7 Å². The van der Waals surface area contributed by atoms with Gasteiger partial charge in [-0.3, -0.25) is 9.59 Å². The van der Waals surface area contributed by atoms with Crippen LogP contribution in [0.25, 0.3) is 0 Å². The molecule has 0 aromatic rings. The van der Waals surface area contributed by atoms with Gasteiger partial charge in [0, 0.05) is 13.1 Å². The first-order valence-electron chi connectivity index (χ1n) is 5.41. The zero-order valence-electron chi connectivity index (χ0n) is 9.78. The molecule has 0 aliphatic rings. The molecule has 6 nitrogen and oxygen atoms in total. The molecular weight excluding hydrogens is 212 g/mol. The molecule has 3 N–H and O–H groups in total. The van der Waals surface area contributed by atoms with Gasteiger partial charge in [-0.15, -0.1) is 0 Å². The summed E-state index contributed by atoms with van der Waals surface area (Å²) in [6.07, 6.45) is -0.885. The Balaban J connectivity index is 3.53. The van der Waals surface area contributed by atoms with Gasteiger partial charge >= 0.3 is 5.97 Å². The molecule has 0 aromatic heterocycles. The molecule has 6 heteroatoms. The minimum absolute atomic E-state index is 0.0593. The molecule has 0 saturated carbocycles. The summed E-state index contributed by atoms with van der Waals surface area (Å²) in [5, 5.41) is 14.7. The summed E-state index contributed by atoms with van der Waals surface area (Å²) in [6.45, 7) is 4.73. The number of ether oxygens (including phenoxy) is 1. The zero-order chi connectivity index (χ0) is 12.4. The van der Waals surface area contributed by atoms with E-state index < -0.39 is 12.1 Å². The Hall–Kier alpha value is -1.14. The Labute approximate surface area is 95.4 Å². The number of carbonyl (C=O) groups excluding carboxylic acids is 2. The Morgan fingerprint density at radius 2 is 2.06 bits per heavy atom.